The summed E-state index contributed by atoms with van der Waals surface area (Å²) in [5, 5.41) is 0. The Morgan fingerprint density at radius 3 is 1.60 bits per heavy atom. The van der Waals surface area contributed by atoms with Crippen molar-refractivity contribution in [2.45, 2.75) is 168 Å². The molecular formula is C40H72NO8P. The first-order chi connectivity index (χ1) is 24.3. The Morgan fingerprint density at radius 2 is 1.06 bits per heavy atom. The fraction of sp³-hybridized carbons (Fsp3) is 0.750. The van der Waals surface area contributed by atoms with Gasteiger partial charge in [-0.1, -0.05) is 146 Å². The molecule has 3 N–H and O–H groups in total. The SMILES string of the molecule is CCCCC/C=C\C/C=C\C/C=C\C/C=C\CCCC(=O)O[C@H](COC(=O)CCCCCCCCCCCCCC)COP(=O)(O)OCCN. The smallest absolute Gasteiger partial charge is 0.462 e. The Labute approximate surface area is 305 Å². The Bertz CT molecular complexity index is 965. The van der Waals surface area contributed by atoms with Gasteiger partial charge in [-0.2, -0.15) is 0 Å². The molecule has 0 bridgehead atoms. The molecule has 0 amide bonds. The zero-order valence-electron chi connectivity index (χ0n) is 31.6. The third-order valence-electron chi connectivity index (χ3n) is 7.97. The largest absolute Gasteiger partial charge is 0.472 e. The van der Waals surface area contributed by atoms with Crippen molar-refractivity contribution >= 4 is 19.8 Å². The fourth-order valence-electron chi connectivity index (χ4n) is 5.04. The number of allylic oxidation sites excluding steroid dienone is 8. The normalized spacial score (nSPS) is 13.9. The molecule has 2 atom stereocenters. The molecule has 0 aromatic heterocycles. The van der Waals surface area contributed by atoms with Crippen LogP contribution < -0.4 is 5.73 Å². The van der Waals surface area contributed by atoms with Gasteiger partial charge < -0.3 is 20.1 Å². The van der Waals surface area contributed by atoms with E-state index in [9.17, 15) is 19.0 Å². The van der Waals surface area contributed by atoms with Crippen LogP contribution in [0, 0.1) is 0 Å². The molecule has 0 saturated heterocycles. The number of hydrogen-bond donors (Lipinski definition) is 2. The highest BCUT2D eigenvalue weighted by molar-refractivity contribution is 7.47. The number of unbranched alkanes of at least 4 members (excludes halogenated alkanes) is 15. The summed E-state index contributed by atoms with van der Waals surface area (Å²) in [5.74, 6) is -0.896. The first-order valence-corrected chi connectivity index (χ1v) is 21.1. The van der Waals surface area contributed by atoms with E-state index in [-0.39, 0.29) is 32.6 Å². The molecule has 0 aliphatic heterocycles. The number of esters is 2. The van der Waals surface area contributed by atoms with Crippen LogP contribution in [0.4, 0.5) is 0 Å². The molecule has 0 radical (unpaired) electrons. The van der Waals surface area contributed by atoms with Crippen LogP contribution >= 0.6 is 7.82 Å². The van der Waals surface area contributed by atoms with Crippen LogP contribution in [0.5, 0.6) is 0 Å². The van der Waals surface area contributed by atoms with Gasteiger partial charge in [0.05, 0.1) is 13.2 Å². The van der Waals surface area contributed by atoms with E-state index in [0.29, 0.717) is 12.8 Å². The summed E-state index contributed by atoms with van der Waals surface area (Å²) >= 11 is 0. The summed E-state index contributed by atoms with van der Waals surface area (Å²) in [7, 11) is -4.38. The standard InChI is InChI=1S/C40H72NO8P/c1-3-5-7-9-11-13-15-17-18-19-20-21-23-25-27-29-31-33-40(43)49-38(37-48-50(44,45)47-35-34-41)36-46-39(42)32-30-28-26-24-22-16-14-12-10-8-6-4-2/h11,13,17-18,20-21,25,27,38H,3-10,12,14-16,19,22-24,26,28-37,41H2,1-2H3,(H,44,45)/b13-11-,18-17-,21-20-,27-25-/t38-/m1/s1. The van der Waals surface area contributed by atoms with Crippen molar-refractivity contribution in [2.75, 3.05) is 26.4 Å². The molecule has 0 spiro atoms. The van der Waals surface area contributed by atoms with E-state index in [1.807, 2.05) is 6.08 Å². The van der Waals surface area contributed by atoms with Gasteiger partial charge in [0.2, 0.25) is 0 Å². The summed E-state index contributed by atoms with van der Waals surface area (Å²) in [6.45, 7) is 3.62. The topological polar surface area (TPSA) is 134 Å². The van der Waals surface area contributed by atoms with Crippen LogP contribution in [0.25, 0.3) is 0 Å². The number of hydrogen-bond acceptors (Lipinski definition) is 8. The maximum absolute atomic E-state index is 12.5. The molecule has 0 aliphatic carbocycles. The fourth-order valence-corrected chi connectivity index (χ4v) is 5.80. The molecule has 9 nitrogen and oxygen atoms in total. The lowest BCUT2D eigenvalue weighted by Gasteiger charge is -2.19. The van der Waals surface area contributed by atoms with Crippen molar-refractivity contribution in [1.29, 1.82) is 0 Å². The highest BCUT2D eigenvalue weighted by Crippen LogP contribution is 2.43. The molecule has 50 heavy (non-hydrogen) atoms. The van der Waals surface area contributed by atoms with Gasteiger partial charge in [-0.25, -0.2) is 4.57 Å². The van der Waals surface area contributed by atoms with Gasteiger partial charge in [0.1, 0.15) is 6.61 Å². The van der Waals surface area contributed by atoms with Crippen LogP contribution in [0.15, 0.2) is 48.6 Å². The molecule has 0 aliphatic rings. The van der Waals surface area contributed by atoms with E-state index in [0.717, 1.165) is 38.5 Å². The van der Waals surface area contributed by atoms with E-state index in [2.05, 4.69) is 56.4 Å². The van der Waals surface area contributed by atoms with Crippen molar-refractivity contribution in [2.24, 2.45) is 5.73 Å². The van der Waals surface area contributed by atoms with Crippen molar-refractivity contribution < 1.29 is 37.6 Å². The number of phosphoric ester groups is 1. The van der Waals surface area contributed by atoms with Crippen LogP contribution in [0.3, 0.4) is 0 Å². The highest BCUT2D eigenvalue weighted by Gasteiger charge is 2.25. The number of nitrogens with two attached hydrogens (primary N) is 1. The minimum atomic E-state index is -4.38. The molecular weight excluding hydrogens is 653 g/mol. The van der Waals surface area contributed by atoms with Gasteiger partial charge in [-0.05, 0) is 51.4 Å². The van der Waals surface area contributed by atoms with Crippen LogP contribution in [-0.4, -0.2) is 49.3 Å². The van der Waals surface area contributed by atoms with Crippen LogP contribution in [0.1, 0.15) is 162 Å². The third kappa shape index (κ3) is 35.8. The zero-order valence-corrected chi connectivity index (χ0v) is 32.5. The first kappa shape index (κ1) is 48.0. The second-order valence-corrected chi connectivity index (χ2v) is 14.3. The third-order valence-corrected chi connectivity index (χ3v) is 8.95. The molecule has 0 heterocycles. The van der Waals surface area contributed by atoms with Gasteiger partial charge in [0, 0.05) is 19.4 Å². The average Bonchev–Trinajstić information content (AvgIpc) is 3.10. The minimum absolute atomic E-state index is 0.0441. The van der Waals surface area contributed by atoms with Gasteiger partial charge in [0.25, 0.3) is 0 Å². The summed E-state index contributed by atoms with van der Waals surface area (Å²) in [6.07, 6.45) is 40.0. The lowest BCUT2D eigenvalue weighted by molar-refractivity contribution is -0.161. The second kappa shape index (κ2) is 36.8. The van der Waals surface area contributed by atoms with Crippen LogP contribution in [-0.2, 0) is 32.7 Å². The number of carbonyl (C=O) groups excluding carboxylic acids is 2. The van der Waals surface area contributed by atoms with E-state index < -0.39 is 32.5 Å². The van der Waals surface area contributed by atoms with E-state index in [4.69, 9.17) is 24.3 Å². The predicted octanol–water partition coefficient (Wildman–Crippen LogP) is 10.8. The van der Waals surface area contributed by atoms with E-state index in [1.54, 1.807) is 0 Å². The summed E-state index contributed by atoms with van der Waals surface area (Å²) < 4.78 is 32.6. The van der Waals surface area contributed by atoms with Crippen LogP contribution in [0.2, 0.25) is 0 Å². The number of rotatable bonds is 36. The number of phosphoric acid groups is 1. The van der Waals surface area contributed by atoms with Gasteiger partial charge in [-0.3, -0.25) is 18.6 Å². The minimum Gasteiger partial charge on any atom is -0.462 e. The zero-order chi connectivity index (χ0) is 36.8. The monoisotopic (exact) mass is 725 g/mol. The Morgan fingerprint density at radius 1 is 0.600 bits per heavy atom. The maximum atomic E-state index is 12.5. The Hall–Kier alpha value is -2.03. The molecule has 10 heteroatoms. The molecule has 0 fully saturated rings. The van der Waals surface area contributed by atoms with Gasteiger partial charge in [0.15, 0.2) is 6.10 Å². The quantitative estimate of drug-likeness (QED) is 0.0280. The van der Waals surface area contributed by atoms with Gasteiger partial charge >= 0.3 is 19.8 Å². The number of carbonyl (C=O) groups is 2. The molecule has 0 saturated carbocycles. The second-order valence-electron chi connectivity index (χ2n) is 12.8. The van der Waals surface area contributed by atoms with E-state index >= 15 is 0 Å². The van der Waals surface area contributed by atoms with Crippen molar-refractivity contribution in [3.05, 3.63) is 48.6 Å². The average molecular weight is 726 g/mol. The maximum Gasteiger partial charge on any atom is 0.472 e. The predicted molar refractivity (Wildman–Crippen MR) is 206 cm³/mol. The lowest BCUT2D eigenvalue weighted by atomic mass is 10.0. The summed E-state index contributed by atoms with van der Waals surface area (Å²) in [5.41, 5.74) is 5.33. The van der Waals surface area contributed by atoms with Crippen molar-refractivity contribution in [1.82, 2.24) is 0 Å². The molecule has 0 rings (SSSR count). The molecule has 1 unspecified atom stereocenters. The highest BCUT2D eigenvalue weighted by atomic mass is 31.2. The summed E-state index contributed by atoms with van der Waals surface area (Å²) in [6, 6.07) is 0. The van der Waals surface area contributed by atoms with Gasteiger partial charge in [-0.15, -0.1) is 0 Å². The molecule has 0 aromatic rings. The lowest BCUT2D eigenvalue weighted by Crippen LogP contribution is -2.29. The van der Waals surface area contributed by atoms with E-state index in [1.165, 1.54) is 83.5 Å². The molecule has 290 valence electrons. The van der Waals surface area contributed by atoms with Crippen molar-refractivity contribution in [3.8, 4) is 0 Å². The Balaban J connectivity index is 4.32. The Kier molecular flexibility index (Phi) is 35.3. The summed E-state index contributed by atoms with van der Waals surface area (Å²) in [4.78, 5) is 34.7. The number of ether oxygens (including phenoxy) is 2. The first-order valence-electron chi connectivity index (χ1n) is 19.6. The van der Waals surface area contributed by atoms with Crippen molar-refractivity contribution in [3.63, 3.8) is 0 Å². The molecule has 0 aromatic carbocycles.